The monoisotopic (exact) mass is 216 g/mol. The summed E-state index contributed by atoms with van der Waals surface area (Å²) in [5.41, 5.74) is 2.73. The predicted octanol–water partition coefficient (Wildman–Crippen LogP) is 3.13. The smallest absolute Gasteiger partial charge is 0.309 e. The molecule has 0 bridgehead atoms. The third-order valence-corrected chi connectivity index (χ3v) is 3.27. The molecule has 1 N–H and O–H groups in total. The Morgan fingerprint density at radius 3 is 2.69 bits per heavy atom. The molecule has 2 rings (SSSR count). The van der Waals surface area contributed by atoms with Gasteiger partial charge in [0.05, 0.1) is 5.41 Å². The number of rotatable bonds is 4. The van der Waals surface area contributed by atoms with Crippen LogP contribution in [0.25, 0.3) is 5.57 Å². The van der Waals surface area contributed by atoms with Crippen LogP contribution in [0, 0.1) is 5.41 Å². The maximum atomic E-state index is 11.1. The van der Waals surface area contributed by atoms with Gasteiger partial charge < -0.3 is 5.11 Å². The second-order valence-electron chi connectivity index (χ2n) is 4.74. The van der Waals surface area contributed by atoms with E-state index in [1.165, 1.54) is 0 Å². The minimum atomic E-state index is -0.659. The summed E-state index contributed by atoms with van der Waals surface area (Å²) in [6, 6.07) is 8.02. The number of carboxylic acids is 1. The summed E-state index contributed by atoms with van der Waals surface area (Å²) >= 11 is 0. The highest BCUT2D eigenvalue weighted by Crippen LogP contribution is 2.48. The fourth-order valence-electron chi connectivity index (χ4n) is 1.95. The van der Waals surface area contributed by atoms with Crippen LogP contribution >= 0.6 is 0 Å². The van der Waals surface area contributed by atoms with E-state index < -0.39 is 11.4 Å². The topological polar surface area (TPSA) is 37.3 Å². The molecule has 1 aromatic rings. The average Bonchev–Trinajstić information content (AvgIpc) is 2.99. The fraction of sp³-hybridized carbons (Fsp3) is 0.357. The Balaban J connectivity index is 2.19. The molecule has 1 saturated carbocycles. The lowest BCUT2D eigenvalue weighted by atomic mass is 9.94. The molecule has 16 heavy (non-hydrogen) atoms. The fourth-order valence-corrected chi connectivity index (χ4v) is 1.95. The minimum Gasteiger partial charge on any atom is -0.481 e. The summed E-state index contributed by atoms with van der Waals surface area (Å²) < 4.78 is 0. The van der Waals surface area contributed by atoms with Crippen molar-refractivity contribution in [2.75, 3.05) is 0 Å². The Kier molecular flexibility index (Phi) is 2.58. The number of benzene rings is 1. The van der Waals surface area contributed by atoms with Crippen molar-refractivity contribution in [2.45, 2.75) is 26.2 Å². The first-order valence-corrected chi connectivity index (χ1v) is 5.52. The molecular formula is C14H16O2. The molecule has 1 aliphatic carbocycles. The summed E-state index contributed by atoms with van der Waals surface area (Å²) in [5, 5.41) is 9.13. The molecule has 0 unspecified atom stereocenters. The lowest BCUT2D eigenvalue weighted by molar-refractivity contribution is -0.143. The van der Waals surface area contributed by atoms with E-state index in [9.17, 15) is 4.79 Å². The highest BCUT2D eigenvalue weighted by molar-refractivity contribution is 5.78. The first-order chi connectivity index (χ1) is 7.53. The Morgan fingerprint density at radius 2 is 2.19 bits per heavy atom. The molecule has 0 radical (unpaired) electrons. The number of carbonyl (C=O) groups is 1. The van der Waals surface area contributed by atoms with Gasteiger partial charge in [0.1, 0.15) is 0 Å². The summed E-state index contributed by atoms with van der Waals surface area (Å²) in [4.78, 5) is 11.1. The number of aliphatic carboxylic acids is 1. The van der Waals surface area contributed by atoms with Gasteiger partial charge in [-0.2, -0.15) is 0 Å². The SMILES string of the molecule is C=C(C)c1cccc(CC2(C(=O)O)CC2)c1. The van der Waals surface area contributed by atoms with E-state index in [1.807, 2.05) is 31.2 Å². The van der Waals surface area contributed by atoms with Crippen molar-refractivity contribution in [1.82, 2.24) is 0 Å². The molecular weight excluding hydrogens is 200 g/mol. The normalized spacial score (nSPS) is 16.8. The molecule has 84 valence electrons. The number of carboxylic acid groups (broad SMARTS) is 1. The zero-order valence-corrected chi connectivity index (χ0v) is 9.49. The molecule has 0 spiro atoms. The Bertz CT molecular complexity index is 442. The van der Waals surface area contributed by atoms with Gasteiger partial charge in [0.2, 0.25) is 0 Å². The molecule has 0 saturated heterocycles. The molecule has 1 fully saturated rings. The van der Waals surface area contributed by atoms with Crippen LogP contribution in [-0.4, -0.2) is 11.1 Å². The van der Waals surface area contributed by atoms with Crippen molar-refractivity contribution in [1.29, 1.82) is 0 Å². The molecule has 0 heterocycles. The molecule has 1 aliphatic rings. The van der Waals surface area contributed by atoms with Gasteiger partial charge in [-0.25, -0.2) is 0 Å². The molecule has 1 aromatic carbocycles. The second kappa shape index (κ2) is 3.78. The standard InChI is InChI=1S/C14H16O2/c1-10(2)12-5-3-4-11(8-12)9-14(6-7-14)13(15)16/h3-5,8H,1,6-7,9H2,2H3,(H,15,16). The highest BCUT2D eigenvalue weighted by atomic mass is 16.4. The van der Waals surface area contributed by atoms with Crippen LogP contribution in [-0.2, 0) is 11.2 Å². The summed E-state index contributed by atoms with van der Waals surface area (Å²) in [6.45, 7) is 5.86. The van der Waals surface area contributed by atoms with Gasteiger partial charge in [-0.05, 0) is 37.3 Å². The van der Waals surface area contributed by atoms with Crippen LogP contribution in [0.15, 0.2) is 30.8 Å². The van der Waals surface area contributed by atoms with Crippen LogP contribution in [0.4, 0.5) is 0 Å². The van der Waals surface area contributed by atoms with E-state index in [0.29, 0.717) is 6.42 Å². The maximum Gasteiger partial charge on any atom is 0.309 e. The summed E-state index contributed by atoms with van der Waals surface area (Å²) in [6.07, 6.45) is 2.25. The van der Waals surface area contributed by atoms with Crippen LogP contribution in [0.2, 0.25) is 0 Å². The molecule has 2 nitrogen and oxygen atoms in total. The van der Waals surface area contributed by atoms with Crippen molar-refractivity contribution < 1.29 is 9.90 Å². The van der Waals surface area contributed by atoms with E-state index in [4.69, 9.17) is 5.11 Å². The highest BCUT2D eigenvalue weighted by Gasteiger charge is 2.49. The Labute approximate surface area is 95.6 Å². The van der Waals surface area contributed by atoms with Crippen molar-refractivity contribution in [2.24, 2.45) is 5.41 Å². The van der Waals surface area contributed by atoms with Crippen molar-refractivity contribution >= 4 is 11.5 Å². The Morgan fingerprint density at radius 1 is 1.50 bits per heavy atom. The van der Waals surface area contributed by atoms with E-state index in [1.54, 1.807) is 0 Å². The Hall–Kier alpha value is -1.57. The first-order valence-electron chi connectivity index (χ1n) is 5.52. The van der Waals surface area contributed by atoms with Gasteiger partial charge in [-0.15, -0.1) is 0 Å². The third-order valence-electron chi connectivity index (χ3n) is 3.27. The number of allylic oxidation sites excluding steroid dienone is 1. The van der Waals surface area contributed by atoms with Crippen LogP contribution < -0.4 is 0 Å². The predicted molar refractivity (Wildman–Crippen MR) is 64.2 cm³/mol. The lowest BCUT2D eigenvalue weighted by Gasteiger charge is -2.10. The summed E-state index contributed by atoms with van der Waals surface area (Å²) in [7, 11) is 0. The van der Waals surface area contributed by atoms with Crippen molar-refractivity contribution in [3.8, 4) is 0 Å². The molecule has 0 aliphatic heterocycles. The first kappa shape index (κ1) is 10.9. The molecule has 0 amide bonds. The van der Waals surface area contributed by atoms with Crippen LogP contribution in [0.1, 0.15) is 30.9 Å². The maximum absolute atomic E-state index is 11.1. The zero-order valence-electron chi connectivity index (χ0n) is 9.49. The van der Waals surface area contributed by atoms with Gasteiger partial charge in [-0.3, -0.25) is 4.79 Å². The van der Waals surface area contributed by atoms with E-state index in [-0.39, 0.29) is 0 Å². The van der Waals surface area contributed by atoms with Crippen molar-refractivity contribution in [3.63, 3.8) is 0 Å². The third kappa shape index (κ3) is 2.01. The second-order valence-corrected chi connectivity index (χ2v) is 4.74. The van der Waals surface area contributed by atoms with Crippen molar-refractivity contribution in [3.05, 3.63) is 42.0 Å². The molecule has 0 atom stereocenters. The lowest BCUT2D eigenvalue weighted by Crippen LogP contribution is -2.17. The van der Waals surface area contributed by atoms with E-state index in [0.717, 1.165) is 29.5 Å². The van der Waals surface area contributed by atoms with Gasteiger partial charge in [-0.1, -0.05) is 36.4 Å². The zero-order chi connectivity index (χ0) is 11.8. The molecule has 2 heteroatoms. The quantitative estimate of drug-likeness (QED) is 0.839. The summed E-state index contributed by atoms with van der Waals surface area (Å²) in [5.74, 6) is -0.659. The van der Waals surface area contributed by atoms with E-state index in [2.05, 4.69) is 6.58 Å². The van der Waals surface area contributed by atoms with E-state index >= 15 is 0 Å². The van der Waals surface area contributed by atoms with Crippen LogP contribution in [0.5, 0.6) is 0 Å². The largest absolute Gasteiger partial charge is 0.481 e. The van der Waals surface area contributed by atoms with Gasteiger partial charge in [0, 0.05) is 0 Å². The van der Waals surface area contributed by atoms with Gasteiger partial charge in [0.15, 0.2) is 0 Å². The number of hydrogen-bond donors (Lipinski definition) is 1. The minimum absolute atomic E-state index is 0.478. The average molecular weight is 216 g/mol. The van der Waals surface area contributed by atoms with Gasteiger partial charge in [0.25, 0.3) is 0 Å². The van der Waals surface area contributed by atoms with Crippen LogP contribution in [0.3, 0.4) is 0 Å². The number of hydrogen-bond acceptors (Lipinski definition) is 1. The molecule has 0 aromatic heterocycles. The van der Waals surface area contributed by atoms with Gasteiger partial charge >= 0.3 is 5.97 Å².